The molecule has 0 atom stereocenters. The average Bonchev–Trinajstić information content (AvgIpc) is 2.34. The van der Waals surface area contributed by atoms with E-state index >= 15 is 0 Å². The van der Waals surface area contributed by atoms with Gasteiger partial charge in [-0.3, -0.25) is 0 Å². The van der Waals surface area contributed by atoms with Crippen molar-refractivity contribution in [3.05, 3.63) is 20.3 Å². The molecule has 1 aromatic rings. The van der Waals surface area contributed by atoms with Gasteiger partial charge >= 0.3 is 0 Å². The molecule has 0 radical (unpaired) electrons. The normalized spacial score (nSPS) is 11.1. The van der Waals surface area contributed by atoms with Crippen LogP contribution in [-0.4, -0.2) is 0 Å². The second-order valence-corrected chi connectivity index (χ2v) is 5.08. The first-order chi connectivity index (χ1) is 5.69. The Labute approximate surface area is 87.5 Å². The van der Waals surface area contributed by atoms with Gasteiger partial charge in [0.1, 0.15) is 0 Å². The van der Waals surface area contributed by atoms with Gasteiger partial charge in [-0.1, -0.05) is 37.0 Å². The molecule has 1 aromatic heterocycles. The highest BCUT2D eigenvalue weighted by Crippen LogP contribution is 2.38. The van der Waals surface area contributed by atoms with Crippen molar-refractivity contribution in [3.8, 4) is 0 Å². The molecule has 0 spiro atoms. The third-order valence-corrected chi connectivity index (χ3v) is 3.63. The minimum Gasteiger partial charge on any atom is -0.111 e. The summed E-state index contributed by atoms with van der Waals surface area (Å²) in [7, 11) is 0. The molecule has 12 heavy (non-hydrogen) atoms. The zero-order valence-corrected chi connectivity index (χ0v) is 9.56. The Balaban J connectivity index is 2.91. The summed E-state index contributed by atoms with van der Waals surface area (Å²) >= 11 is 13.3. The second-order valence-electron chi connectivity index (χ2n) is 2.79. The van der Waals surface area contributed by atoms with Crippen LogP contribution in [0.1, 0.15) is 38.2 Å². The minimum absolute atomic E-state index is 0.571. The Bertz CT molecular complexity index is 251. The molecule has 68 valence electrons. The lowest BCUT2D eigenvalue weighted by Crippen LogP contribution is -1.92. The van der Waals surface area contributed by atoms with Crippen molar-refractivity contribution >= 4 is 34.5 Å². The van der Waals surface area contributed by atoms with Gasteiger partial charge in [-0.15, -0.1) is 11.3 Å². The highest BCUT2D eigenvalue weighted by atomic mass is 35.5. The molecule has 1 rings (SSSR count). The van der Waals surface area contributed by atoms with Gasteiger partial charge in [-0.05, 0) is 30.4 Å². The monoisotopic (exact) mass is 222 g/mol. The number of halogens is 2. The highest BCUT2D eigenvalue weighted by Gasteiger charge is 2.13. The molecule has 0 nitrogen and oxygen atoms in total. The van der Waals surface area contributed by atoms with E-state index in [2.05, 4.69) is 13.8 Å². The van der Waals surface area contributed by atoms with E-state index in [1.807, 2.05) is 6.07 Å². The predicted molar refractivity (Wildman–Crippen MR) is 57.7 cm³/mol. The average molecular weight is 223 g/mol. The third kappa shape index (κ3) is 2.15. The highest BCUT2D eigenvalue weighted by molar-refractivity contribution is 7.20. The maximum Gasteiger partial charge on any atom is 0.0978 e. The minimum atomic E-state index is 0.571. The van der Waals surface area contributed by atoms with Crippen molar-refractivity contribution < 1.29 is 0 Å². The van der Waals surface area contributed by atoms with Crippen molar-refractivity contribution in [2.45, 2.75) is 32.6 Å². The number of rotatable bonds is 3. The Morgan fingerprint density at radius 2 is 1.92 bits per heavy atom. The van der Waals surface area contributed by atoms with E-state index in [-0.39, 0.29) is 0 Å². The fourth-order valence-corrected chi connectivity index (χ4v) is 2.99. The molecule has 3 heteroatoms. The fraction of sp³-hybridized carbons (Fsp3) is 0.556. The standard InChI is InChI=1S/C9H12Cl2S/c1-3-6(4-2)7-5-8(10)12-9(7)11/h5-6H,3-4H2,1-2H3. The van der Waals surface area contributed by atoms with Crippen LogP contribution in [0.25, 0.3) is 0 Å². The summed E-state index contributed by atoms with van der Waals surface area (Å²) < 4.78 is 1.65. The van der Waals surface area contributed by atoms with Crippen molar-refractivity contribution in [3.63, 3.8) is 0 Å². The van der Waals surface area contributed by atoms with Crippen LogP contribution < -0.4 is 0 Å². The summed E-state index contributed by atoms with van der Waals surface area (Å²) in [5.41, 5.74) is 1.22. The van der Waals surface area contributed by atoms with Crippen LogP contribution in [0.3, 0.4) is 0 Å². The molecule has 0 fully saturated rings. The topological polar surface area (TPSA) is 0 Å². The van der Waals surface area contributed by atoms with E-state index in [0.29, 0.717) is 5.92 Å². The van der Waals surface area contributed by atoms with E-state index in [1.165, 1.54) is 16.9 Å². The molecule has 0 aliphatic rings. The van der Waals surface area contributed by atoms with E-state index in [9.17, 15) is 0 Å². The lowest BCUT2D eigenvalue weighted by molar-refractivity contribution is 0.644. The van der Waals surface area contributed by atoms with Gasteiger partial charge in [-0.25, -0.2) is 0 Å². The molecule has 0 aliphatic carbocycles. The van der Waals surface area contributed by atoms with Gasteiger partial charge in [0.05, 0.1) is 8.67 Å². The van der Waals surface area contributed by atoms with Crippen LogP contribution in [0.4, 0.5) is 0 Å². The summed E-state index contributed by atoms with van der Waals surface area (Å²) in [5, 5.41) is 0. The molecule has 1 heterocycles. The fourth-order valence-electron chi connectivity index (χ4n) is 1.36. The van der Waals surface area contributed by atoms with Gasteiger partial charge in [0.2, 0.25) is 0 Å². The van der Waals surface area contributed by atoms with Crippen molar-refractivity contribution in [2.24, 2.45) is 0 Å². The Morgan fingerprint density at radius 3 is 2.25 bits per heavy atom. The Hall–Kier alpha value is 0.280. The molecule has 0 N–H and O–H groups in total. The van der Waals surface area contributed by atoms with Gasteiger partial charge in [-0.2, -0.15) is 0 Å². The van der Waals surface area contributed by atoms with Crippen LogP contribution >= 0.6 is 34.5 Å². The summed E-state index contributed by atoms with van der Waals surface area (Å²) in [5.74, 6) is 0.571. The maximum atomic E-state index is 6.03. The zero-order valence-electron chi connectivity index (χ0n) is 7.23. The number of thiophene rings is 1. The summed E-state index contributed by atoms with van der Waals surface area (Å²) in [6.45, 7) is 4.35. The van der Waals surface area contributed by atoms with E-state index in [4.69, 9.17) is 23.2 Å². The SMILES string of the molecule is CCC(CC)c1cc(Cl)sc1Cl. The smallest absolute Gasteiger partial charge is 0.0978 e. The molecule has 0 saturated heterocycles. The van der Waals surface area contributed by atoms with E-state index < -0.39 is 0 Å². The largest absolute Gasteiger partial charge is 0.111 e. The first-order valence-corrected chi connectivity index (χ1v) is 5.71. The van der Waals surface area contributed by atoms with Gasteiger partial charge in [0, 0.05) is 0 Å². The summed E-state index contributed by atoms with van der Waals surface area (Å²) in [6.07, 6.45) is 2.26. The maximum absolute atomic E-state index is 6.03. The van der Waals surface area contributed by atoms with E-state index in [1.54, 1.807) is 0 Å². The van der Waals surface area contributed by atoms with Crippen LogP contribution in [0.2, 0.25) is 8.67 Å². The third-order valence-electron chi connectivity index (χ3n) is 2.11. The first kappa shape index (κ1) is 10.4. The Kier molecular flexibility index (Phi) is 3.88. The van der Waals surface area contributed by atoms with Crippen molar-refractivity contribution in [1.82, 2.24) is 0 Å². The molecule has 0 saturated carbocycles. The molecular weight excluding hydrogens is 211 g/mol. The molecular formula is C9H12Cl2S. The molecule has 0 bridgehead atoms. The lowest BCUT2D eigenvalue weighted by atomic mass is 9.97. The first-order valence-electron chi connectivity index (χ1n) is 4.13. The lowest BCUT2D eigenvalue weighted by Gasteiger charge is -2.10. The molecule has 0 unspecified atom stereocenters. The molecule has 0 aromatic carbocycles. The molecule has 0 amide bonds. The van der Waals surface area contributed by atoms with Crippen LogP contribution in [0, 0.1) is 0 Å². The predicted octanol–water partition coefficient (Wildman–Crippen LogP) is 4.96. The second kappa shape index (κ2) is 4.50. The van der Waals surface area contributed by atoms with Gasteiger partial charge in [0.15, 0.2) is 0 Å². The number of hydrogen-bond acceptors (Lipinski definition) is 1. The Morgan fingerprint density at radius 1 is 1.33 bits per heavy atom. The summed E-state index contributed by atoms with van der Waals surface area (Å²) in [4.78, 5) is 0. The van der Waals surface area contributed by atoms with Crippen LogP contribution in [-0.2, 0) is 0 Å². The van der Waals surface area contributed by atoms with Crippen LogP contribution in [0.15, 0.2) is 6.07 Å². The zero-order chi connectivity index (χ0) is 9.14. The van der Waals surface area contributed by atoms with Crippen LogP contribution in [0.5, 0.6) is 0 Å². The van der Waals surface area contributed by atoms with Gasteiger partial charge in [0.25, 0.3) is 0 Å². The quantitative estimate of drug-likeness (QED) is 0.679. The van der Waals surface area contributed by atoms with Gasteiger partial charge < -0.3 is 0 Å². The summed E-state index contributed by atoms with van der Waals surface area (Å²) in [6, 6.07) is 1.99. The molecule has 0 aliphatic heterocycles. The van der Waals surface area contributed by atoms with E-state index in [0.717, 1.165) is 21.5 Å². The number of hydrogen-bond donors (Lipinski definition) is 0. The van der Waals surface area contributed by atoms with Crippen molar-refractivity contribution in [2.75, 3.05) is 0 Å². The van der Waals surface area contributed by atoms with Crippen molar-refractivity contribution in [1.29, 1.82) is 0 Å².